The van der Waals surface area contributed by atoms with Gasteiger partial charge in [-0.05, 0) is 30.6 Å². The maximum Gasteiger partial charge on any atom is 0.0310 e. The summed E-state index contributed by atoms with van der Waals surface area (Å²) in [5.74, 6) is 0.819. The van der Waals surface area contributed by atoms with Gasteiger partial charge in [0.1, 0.15) is 0 Å². The third kappa shape index (κ3) is 4.02. The number of hydrogen-bond donors (Lipinski definition) is 1. The smallest absolute Gasteiger partial charge is 0.0310 e. The summed E-state index contributed by atoms with van der Waals surface area (Å²) in [5, 5.41) is 4.18. The van der Waals surface area contributed by atoms with Crippen molar-refractivity contribution >= 4 is 11.6 Å². The van der Waals surface area contributed by atoms with Crippen LogP contribution in [0.1, 0.15) is 40.0 Å². The third-order valence-electron chi connectivity index (χ3n) is 2.97. The van der Waals surface area contributed by atoms with E-state index in [0.29, 0.717) is 16.5 Å². The van der Waals surface area contributed by atoms with Crippen molar-refractivity contribution in [2.45, 2.75) is 46.1 Å². The molecule has 0 bridgehead atoms. The molecule has 82 valence electrons. The summed E-state index contributed by atoms with van der Waals surface area (Å²) in [7, 11) is 0. The molecule has 0 aromatic heterocycles. The van der Waals surface area contributed by atoms with Crippen molar-refractivity contribution in [1.82, 2.24) is 5.32 Å². The zero-order valence-electron chi connectivity index (χ0n) is 9.57. The Morgan fingerprint density at radius 1 is 1.50 bits per heavy atom. The minimum Gasteiger partial charge on any atom is -0.309 e. The summed E-state index contributed by atoms with van der Waals surface area (Å²) in [4.78, 5) is 0. The number of nitrogens with one attached hydrogen (secondary N) is 1. The normalized spacial score (nSPS) is 31.4. The Morgan fingerprint density at radius 2 is 2.14 bits per heavy atom. The molecule has 0 aromatic carbocycles. The molecule has 0 spiro atoms. The molecule has 0 heterocycles. The second kappa shape index (κ2) is 4.67. The molecule has 1 rings (SSSR count). The number of hydrogen-bond acceptors (Lipinski definition) is 1. The predicted molar refractivity (Wildman–Crippen MR) is 63.6 cm³/mol. The second-order valence-electron chi connectivity index (χ2n) is 5.51. The Hall–Kier alpha value is -0.0100. The molecule has 1 aliphatic rings. The fourth-order valence-electron chi connectivity index (χ4n) is 2.76. The van der Waals surface area contributed by atoms with Gasteiger partial charge < -0.3 is 5.32 Å². The van der Waals surface area contributed by atoms with Crippen LogP contribution in [0.2, 0.25) is 0 Å². The topological polar surface area (TPSA) is 12.0 Å². The van der Waals surface area contributed by atoms with Crippen molar-refractivity contribution in [3.05, 3.63) is 11.6 Å². The molecule has 0 amide bonds. The summed E-state index contributed by atoms with van der Waals surface area (Å²) in [6, 6.07) is 0.615. The zero-order chi connectivity index (χ0) is 10.8. The maximum atomic E-state index is 5.75. The number of rotatable bonds is 3. The summed E-state index contributed by atoms with van der Waals surface area (Å²) < 4.78 is 0. The molecule has 0 aliphatic heterocycles. The van der Waals surface area contributed by atoms with E-state index >= 15 is 0 Å². The SMILES string of the molecule is C=C(Cl)CNC1CC(C)CC(C)(C)C1. The van der Waals surface area contributed by atoms with E-state index in [-0.39, 0.29) is 0 Å². The molecule has 1 nitrogen and oxygen atoms in total. The van der Waals surface area contributed by atoms with Crippen molar-refractivity contribution in [2.24, 2.45) is 11.3 Å². The molecule has 0 aromatic rings. The fraction of sp³-hybridized carbons (Fsp3) is 0.833. The zero-order valence-corrected chi connectivity index (χ0v) is 10.3. The van der Waals surface area contributed by atoms with Crippen LogP contribution in [0.15, 0.2) is 11.6 Å². The highest BCUT2D eigenvalue weighted by atomic mass is 35.5. The second-order valence-corrected chi connectivity index (χ2v) is 6.04. The van der Waals surface area contributed by atoms with E-state index in [2.05, 4.69) is 32.7 Å². The fourth-order valence-corrected chi connectivity index (χ4v) is 2.83. The monoisotopic (exact) mass is 215 g/mol. The van der Waals surface area contributed by atoms with Crippen LogP contribution in [0.3, 0.4) is 0 Å². The molecule has 2 atom stereocenters. The van der Waals surface area contributed by atoms with Gasteiger partial charge in [0.05, 0.1) is 0 Å². The van der Waals surface area contributed by atoms with Crippen LogP contribution in [0.5, 0.6) is 0 Å². The Bertz CT molecular complexity index is 210. The Kier molecular flexibility index (Phi) is 4.03. The molecule has 1 N–H and O–H groups in total. The molecule has 2 unspecified atom stereocenters. The largest absolute Gasteiger partial charge is 0.309 e. The molecular formula is C12H22ClN. The van der Waals surface area contributed by atoms with E-state index in [9.17, 15) is 0 Å². The maximum absolute atomic E-state index is 5.75. The molecule has 2 heteroatoms. The highest BCUT2D eigenvalue weighted by Crippen LogP contribution is 2.38. The van der Waals surface area contributed by atoms with Gasteiger partial charge in [-0.15, -0.1) is 0 Å². The van der Waals surface area contributed by atoms with Crippen molar-refractivity contribution in [1.29, 1.82) is 0 Å². The average molecular weight is 216 g/mol. The minimum absolute atomic E-state index is 0.475. The van der Waals surface area contributed by atoms with Crippen molar-refractivity contribution in [2.75, 3.05) is 6.54 Å². The summed E-state index contributed by atoms with van der Waals surface area (Å²) in [5.41, 5.74) is 0.475. The lowest BCUT2D eigenvalue weighted by Crippen LogP contribution is -2.40. The number of halogens is 1. The van der Waals surface area contributed by atoms with Gasteiger partial charge in [-0.1, -0.05) is 39.0 Å². The lowest BCUT2D eigenvalue weighted by atomic mass is 9.70. The Morgan fingerprint density at radius 3 is 2.64 bits per heavy atom. The van der Waals surface area contributed by atoms with Gasteiger partial charge >= 0.3 is 0 Å². The van der Waals surface area contributed by atoms with E-state index < -0.39 is 0 Å². The van der Waals surface area contributed by atoms with E-state index in [1.165, 1.54) is 19.3 Å². The first-order chi connectivity index (χ1) is 6.39. The minimum atomic E-state index is 0.475. The highest BCUT2D eigenvalue weighted by Gasteiger charge is 2.31. The predicted octanol–water partition coefficient (Wildman–Crippen LogP) is 3.54. The quantitative estimate of drug-likeness (QED) is 0.760. The van der Waals surface area contributed by atoms with Crippen molar-refractivity contribution < 1.29 is 0 Å². The van der Waals surface area contributed by atoms with Crippen LogP contribution in [0.4, 0.5) is 0 Å². The van der Waals surface area contributed by atoms with Crippen LogP contribution < -0.4 is 5.32 Å². The Balaban J connectivity index is 2.42. The molecule has 1 aliphatic carbocycles. The summed E-state index contributed by atoms with van der Waals surface area (Å²) in [6.45, 7) is 11.5. The molecule has 1 saturated carbocycles. The molecular weight excluding hydrogens is 194 g/mol. The highest BCUT2D eigenvalue weighted by molar-refractivity contribution is 6.29. The van der Waals surface area contributed by atoms with Gasteiger partial charge in [0.2, 0.25) is 0 Å². The van der Waals surface area contributed by atoms with E-state index in [1.807, 2.05) is 0 Å². The van der Waals surface area contributed by atoms with Gasteiger partial charge in [0, 0.05) is 17.6 Å². The van der Waals surface area contributed by atoms with Gasteiger partial charge in [0.15, 0.2) is 0 Å². The summed E-state index contributed by atoms with van der Waals surface area (Å²) >= 11 is 5.75. The molecule has 0 saturated heterocycles. The molecule has 14 heavy (non-hydrogen) atoms. The lowest BCUT2D eigenvalue weighted by molar-refractivity contribution is 0.153. The van der Waals surface area contributed by atoms with Crippen LogP contribution in [-0.4, -0.2) is 12.6 Å². The lowest BCUT2D eigenvalue weighted by Gasteiger charge is -2.39. The molecule has 1 fully saturated rings. The van der Waals surface area contributed by atoms with E-state index in [4.69, 9.17) is 11.6 Å². The van der Waals surface area contributed by atoms with Crippen LogP contribution in [0.25, 0.3) is 0 Å². The van der Waals surface area contributed by atoms with Crippen LogP contribution in [0, 0.1) is 11.3 Å². The third-order valence-corrected chi connectivity index (χ3v) is 3.10. The average Bonchev–Trinajstić information content (AvgIpc) is 1.96. The van der Waals surface area contributed by atoms with Crippen molar-refractivity contribution in [3.63, 3.8) is 0 Å². The van der Waals surface area contributed by atoms with E-state index in [0.717, 1.165) is 12.5 Å². The van der Waals surface area contributed by atoms with Gasteiger partial charge in [0.25, 0.3) is 0 Å². The molecule has 0 radical (unpaired) electrons. The van der Waals surface area contributed by atoms with Gasteiger partial charge in [-0.2, -0.15) is 0 Å². The first kappa shape index (κ1) is 12.1. The van der Waals surface area contributed by atoms with Crippen LogP contribution in [-0.2, 0) is 0 Å². The van der Waals surface area contributed by atoms with Crippen LogP contribution >= 0.6 is 11.6 Å². The van der Waals surface area contributed by atoms with E-state index in [1.54, 1.807) is 0 Å². The first-order valence-electron chi connectivity index (χ1n) is 5.46. The first-order valence-corrected chi connectivity index (χ1v) is 5.83. The van der Waals surface area contributed by atoms with Crippen molar-refractivity contribution in [3.8, 4) is 0 Å². The summed E-state index contributed by atoms with van der Waals surface area (Å²) in [6.07, 6.45) is 3.86. The standard InChI is InChI=1S/C12H22ClN/c1-9-5-11(14-8-10(2)13)7-12(3,4)6-9/h9,11,14H,2,5-8H2,1,3-4H3. The van der Waals surface area contributed by atoms with Gasteiger partial charge in [-0.25, -0.2) is 0 Å². The van der Waals surface area contributed by atoms with Gasteiger partial charge in [-0.3, -0.25) is 0 Å². The Labute approximate surface area is 92.9 Å².